The van der Waals surface area contributed by atoms with E-state index in [0.29, 0.717) is 0 Å². The molecule has 0 spiro atoms. The summed E-state index contributed by atoms with van der Waals surface area (Å²) in [6.07, 6.45) is 0.302. The number of H-pyrrole nitrogens is 1. The fourth-order valence-corrected chi connectivity index (χ4v) is 5.57. The van der Waals surface area contributed by atoms with Gasteiger partial charge >= 0.3 is 12.2 Å². The standard InChI is InChI=1S/C38H41N5O6/c1-37(2,3)49-36(47)43-42-34(45)38(4,22-25-13-6-5-7-14-25)41-33(44)32(21-28-23-39-31-20-11-10-19-30(28)31)40-35(46)48-24-27-17-12-16-26-15-8-9-18-29(26)27/h5-20,23,32,39H,21-22,24H2,1-4H3,(H,40,46)(H,41,44)(H,42,45)(H,43,47)/t32-,38?/m0/s1. The van der Waals surface area contributed by atoms with Gasteiger partial charge in [-0.25, -0.2) is 15.0 Å². The van der Waals surface area contributed by atoms with E-state index < -0.39 is 41.2 Å². The summed E-state index contributed by atoms with van der Waals surface area (Å²) in [4.78, 5) is 56.6. The predicted molar refractivity (Wildman–Crippen MR) is 187 cm³/mol. The Morgan fingerprint density at radius 1 is 0.735 bits per heavy atom. The molecule has 4 aromatic carbocycles. The third-order valence-corrected chi connectivity index (χ3v) is 7.92. The van der Waals surface area contributed by atoms with Gasteiger partial charge in [0.2, 0.25) is 5.91 Å². The van der Waals surface area contributed by atoms with E-state index in [9.17, 15) is 19.2 Å². The molecular weight excluding hydrogens is 622 g/mol. The zero-order valence-corrected chi connectivity index (χ0v) is 28.0. The minimum atomic E-state index is -1.57. The molecule has 0 saturated carbocycles. The minimum absolute atomic E-state index is 0.0148. The fraction of sp³-hybridized carbons (Fsp3) is 0.263. The SMILES string of the molecule is CC(C)(C)OC(=O)NNC(=O)C(C)(Cc1ccccc1)NC(=O)[C@H](Cc1c[nH]c2ccccc12)NC(=O)OCc1cccc2ccccc12. The summed E-state index contributed by atoms with van der Waals surface area (Å²) in [5, 5.41) is 8.44. The number of aromatic amines is 1. The van der Waals surface area contributed by atoms with Crippen LogP contribution in [0.1, 0.15) is 44.4 Å². The topological polar surface area (TPSA) is 151 Å². The molecule has 0 aliphatic rings. The van der Waals surface area contributed by atoms with Crippen molar-refractivity contribution in [2.75, 3.05) is 0 Å². The quantitative estimate of drug-likeness (QED) is 0.119. The first-order valence-corrected chi connectivity index (χ1v) is 16.0. The van der Waals surface area contributed by atoms with Crippen LogP contribution in [0.4, 0.5) is 9.59 Å². The molecule has 5 aromatic rings. The smallest absolute Gasteiger partial charge is 0.426 e. The first-order valence-electron chi connectivity index (χ1n) is 16.0. The Kier molecular flexibility index (Phi) is 10.5. The van der Waals surface area contributed by atoms with Crippen molar-refractivity contribution in [3.8, 4) is 0 Å². The van der Waals surface area contributed by atoms with Crippen molar-refractivity contribution in [1.82, 2.24) is 26.5 Å². The van der Waals surface area contributed by atoms with Gasteiger partial charge in [0.25, 0.3) is 5.91 Å². The normalized spacial score (nSPS) is 13.1. The van der Waals surface area contributed by atoms with Gasteiger partial charge in [-0.15, -0.1) is 0 Å². The van der Waals surface area contributed by atoms with Crippen LogP contribution in [0.15, 0.2) is 103 Å². The predicted octanol–water partition coefficient (Wildman–Crippen LogP) is 5.83. The van der Waals surface area contributed by atoms with Crippen LogP contribution < -0.4 is 21.5 Å². The zero-order chi connectivity index (χ0) is 35.0. The lowest BCUT2D eigenvalue weighted by molar-refractivity contribution is -0.134. The van der Waals surface area contributed by atoms with Crippen molar-refractivity contribution in [3.05, 3.63) is 120 Å². The molecule has 0 bridgehead atoms. The first-order chi connectivity index (χ1) is 23.4. The number of para-hydroxylation sites is 1. The van der Waals surface area contributed by atoms with Gasteiger partial charge < -0.3 is 25.1 Å². The number of ether oxygens (including phenoxy) is 2. The van der Waals surface area contributed by atoms with E-state index in [-0.39, 0.29) is 19.4 Å². The highest BCUT2D eigenvalue weighted by molar-refractivity contribution is 5.95. The Balaban J connectivity index is 1.37. The molecule has 1 heterocycles. The number of benzene rings is 4. The molecule has 2 atom stereocenters. The number of carbonyl (C=O) groups excluding carboxylic acids is 4. The maximum absolute atomic E-state index is 14.1. The summed E-state index contributed by atoms with van der Waals surface area (Å²) in [6.45, 7) is 6.62. The Hall–Kier alpha value is -5.84. The second-order valence-electron chi connectivity index (χ2n) is 13.0. The van der Waals surface area contributed by atoms with Crippen LogP contribution in [-0.4, -0.2) is 46.2 Å². The molecule has 1 aromatic heterocycles. The minimum Gasteiger partial charge on any atom is -0.445 e. The van der Waals surface area contributed by atoms with E-state index in [1.807, 2.05) is 97.1 Å². The number of nitrogens with one attached hydrogen (secondary N) is 5. The molecule has 0 fully saturated rings. The molecule has 0 radical (unpaired) electrons. The van der Waals surface area contributed by atoms with Crippen LogP contribution in [0.5, 0.6) is 0 Å². The fourth-order valence-electron chi connectivity index (χ4n) is 5.57. The average Bonchev–Trinajstić information content (AvgIpc) is 3.48. The molecule has 5 N–H and O–H groups in total. The van der Waals surface area contributed by atoms with Crippen LogP contribution in [0, 0.1) is 0 Å². The molecule has 11 nitrogen and oxygen atoms in total. The number of amides is 4. The van der Waals surface area contributed by atoms with E-state index in [2.05, 4.69) is 26.5 Å². The number of alkyl carbamates (subject to hydrolysis) is 1. The van der Waals surface area contributed by atoms with Gasteiger partial charge in [-0.2, -0.15) is 0 Å². The third kappa shape index (κ3) is 9.16. The zero-order valence-electron chi connectivity index (χ0n) is 28.0. The van der Waals surface area contributed by atoms with Gasteiger partial charge in [-0.05, 0) is 61.2 Å². The molecule has 0 saturated heterocycles. The number of carbonyl (C=O) groups is 4. The van der Waals surface area contributed by atoms with Crippen molar-refractivity contribution in [3.63, 3.8) is 0 Å². The van der Waals surface area contributed by atoms with Gasteiger partial charge in [0.1, 0.15) is 23.8 Å². The number of fused-ring (bicyclic) bond motifs is 2. The molecule has 5 rings (SSSR count). The molecular formula is C38H41N5O6. The number of aromatic nitrogens is 1. The van der Waals surface area contributed by atoms with Crippen LogP contribution in [0.25, 0.3) is 21.7 Å². The Morgan fingerprint density at radius 3 is 2.16 bits per heavy atom. The van der Waals surface area contributed by atoms with Gasteiger partial charge in [0, 0.05) is 29.9 Å². The maximum Gasteiger partial charge on any atom is 0.426 e. The number of hydrogen-bond acceptors (Lipinski definition) is 6. The lowest BCUT2D eigenvalue weighted by Crippen LogP contribution is -2.64. The molecule has 49 heavy (non-hydrogen) atoms. The summed E-state index contributed by atoms with van der Waals surface area (Å²) in [6, 6.07) is 29.2. The number of hydrogen-bond donors (Lipinski definition) is 5. The lowest BCUT2D eigenvalue weighted by Gasteiger charge is -2.32. The number of rotatable bonds is 10. The van der Waals surface area contributed by atoms with Crippen molar-refractivity contribution in [1.29, 1.82) is 0 Å². The summed E-state index contributed by atoms with van der Waals surface area (Å²) < 4.78 is 10.9. The van der Waals surface area contributed by atoms with E-state index in [0.717, 1.165) is 38.4 Å². The summed E-state index contributed by atoms with van der Waals surface area (Å²) in [5.41, 5.74) is 5.51. The molecule has 1 unspecified atom stereocenters. The van der Waals surface area contributed by atoms with Crippen molar-refractivity contribution in [2.24, 2.45) is 0 Å². The summed E-state index contributed by atoms with van der Waals surface area (Å²) in [5.74, 6) is -1.32. The van der Waals surface area contributed by atoms with Crippen LogP contribution in [-0.2, 0) is 38.5 Å². The van der Waals surface area contributed by atoms with Gasteiger partial charge in [0.15, 0.2) is 0 Å². The van der Waals surface area contributed by atoms with Gasteiger partial charge in [0.05, 0.1) is 0 Å². The number of hydrazine groups is 1. The summed E-state index contributed by atoms with van der Waals surface area (Å²) in [7, 11) is 0. The van der Waals surface area contributed by atoms with Gasteiger partial charge in [-0.1, -0.05) is 91.0 Å². The maximum atomic E-state index is 14.1. The van der Waals surface area contributed by atoms with Crippen molar-refractivity contribution in [2.45, 2.75) is 64.3 Å². The molecule has 0 aliphatic carbocycles. The van der Waals surface area contributed by atoms with E-state index in [1.165, 1.54) is 0 Å². The monoisotopic (exact) mass is 663 g/mol. The van der Waals surface area contributed by atoms with Crippen LogP contribution in [0.3, 0.4) is 0 Å². The van der Waals surface area contributed by atoms with E-state index in [4.69, 9.17) is 9.47 Å². The van der Waals surface area contributed by atoms with E-state index >= 15 is 0 Å². The first kappa shape index (κ1) is 34.5. The highest BCUT2D eigenvalue weighted by Crippen LogP contribution is 2.22. The Bertz CT molecular complexity index is 1950. The second-order valence-corrected chi connectivity index (χ2v) is 13.0. The average molecular weight is 664 g/mol. The molecule has 4 amide bonds. The Morgan fingerprint density at radius 2 is 1.41 bits per heavy atom. The van der Waals surface area contributed by atoms with Crippen LogP contribution in [0.2, 0.25) is 0 Å². The largest absolute Gasteiger partial charge is 0.445 e. The third-order valence-electron chi connectivity index (χ3n) is 7.92. The van der Waals surface area contributed by atoms with Crippen molar-refractivity contribution >= 4 is 45.7 Å². The molecule has 11 heteroatoms. The highest BCUT2D eigenvalue weighted by atomic mass is 16.6. The highest BCUT2D eigenvalue weighted by Gasteiger charge is 2.38. The summed E-state index contributed by atoms with van der Waals surface area (Å²) >= 11 is 0. The second kappa shape index (κ2) is 14.9. The van der Waals surface area contributed by atoms with Gasteiger partial charge in [-0.3, -0.25) is 15.0 Å². The lowest BCUT2D eigenvalue weighted by atomic mass is 9.91. The Labute approximate surface area is 284 Å². The van der Waals surface area contributed by atoms with Crippen molar-refractivity contribution < 1.29 is 28.7 Å². The van der Waals surface area contributed by atoms with Crippen LogP contribution >= 0.6 is 0 Å². The molecule has 0 aliphatic heterocycles. The molecule has 254 valence electrons. The van der Waals surface area contributed by atoms with E-state index in [1.54, 1.807) is 33.9 Å².